The normalized spacial score (nSPS) is 11.6. The Kier molecular flexibility index (Phi) is 4.43. The Morgan fingerprint density at radius 3 is 2.40 bits per heavy atom. The summed E-state index contributed by atoms with van der Waals surface area (Å²) in [5.74, 6) is 0.00915. The Balaban J connectivity index is 2.02. The van der Waals surface area contributed by atoms with Crippen molar-refractivity contribution in [1.82, 2.24) is 19.7 Å². The SMILES string of the molecule is CN(Cc1ccnn1C)c1nc(-c2ccccc2)cc(C(F)(F)F)n1. The average Bonchev–Trinajstić information content (AvgIpc) is 2.99. The third-order valence-corrected chi connectivity index (χ3v) is 3.74. The van der Waals surface area contributed by atoms with Crippen molar-refractivity contribution in [2.75, 3.05) is 11.9 Å². The van der Waals surface area contributed by atoms with Crippen LogP contribution in [0.25, 0.3) is 11.3 Å². The van der Waals surface area contributed by atoms with Gasteiger partial charge in [0, 0.05) is 25.9 Å². The first-order valence-corrected chi connectivity index (χ1v) is 7.54. The van der Waals surface area contributed by atoms with Crippen molar-refractivity contribution >= 4 is 5.95 Å². The molecule has 0 radical (unpaired) electrons. The molecule has 0 saturated heterocycles. The number of aromatic nitrogens is 4. The molecular formula is C17H16F3N5. The molecule has 5 nitrogen and oxygen atoms in total. The van der Waals surface area contributed by atoms with Crippen LogP contribution < -0.4 is 4.90 Å². The summed E-state index contributed by atoms with van der Waals surface area (Å²) in [6.07, 6.45) is -2.92. The first kappa shape index (κ1) is 16.9. The van der Waals surface area contributed by atoms with Crippen LogP contribution in [0.2, 0.25) is 0 Å². The Bertz CT molecular complexity index is 858. The first-order valence-electron chi connectivity index (χ1n) is 7.54. The molecule has 25 heavy (non-hydrogen) atoms. The van der Waals surface area contributed by atoms with E-state index in [4.69, 9.17) is 0 Å². The smallest absolute Gasteiger partial charge is 0.338 e. The van der Waals surface area contributed by atoms with Gasteiger partial charge in [-0.25, -0.2) is 9.97 Å². The Morgan fingerprint density at radius 2 is 1.80 bits per heavy atom. The van der Waals surface area contributed by atoms with Gasteiger partial charge in [0.05, 0.1) is 17.9 Å². The zero-order chi connectivity index (χ0) is 18.0. The highest BCUT2D eigenvalue weighted by molar-refractivity contribution is 5.61. The van der Waals surface area contributed by atoms with E-state index >= 15 is 0 Å². The fourth-order valence-corrected chi connectivity index (χ4v) is 2.38. The molecule has 1 aromatic carbocycles. The molecule has 130 valence electrons. The van der Waals surface area contributed by atoms with E-state index in [1.165, 1.54) is 0 Å². The fraction of sp³-hybridized carbons (Fsp3) is 0.235. The number of alkyl halides is 3. The summed E-state index contributed by atoms with van der Waals surface area (Å²) in [5.41, 5.74) is 0.707. The van der Waals surface area contributed by atoms with Gasteiger partial charge in [-0.1, -0.05) is 30.3 Å². The third kappa shape index (κ3) is 3.78. The van der Waals surface area contributed by atoms with Crippen LogP contribution in [0.5, 0.6) is 0 Å². The van der Waals surface area contributed by atoms with Gasteiger partial charge in [-0.3, -0.25) is 4.68 Å². The summed E-state index contributed by atoms with van der Waals surface area (Å²) in [5, 5.41) is 4.05. The van der Waals surface area contributed by atoms with E-state index in [1.54, 1.807) is 66.3 Å². The highest BCUT2D eigenvalue weighted by Gasteiger charge is 2.34. The van der Waals surface area contributed by atoms with Crippen LogP contribution in [0, 0.1) is 0 Å². The number of anilines is 1. The van der Waals surface area contributed by atoms with Gasteiger partial charge in [0.1, 0.15) is 0 Å². The summed E-state index contributed by atoms with van der Waals surface area (Å²) in [6, 6.07) is 11.5. The minimum Gasteiger partial charge on any atom is -0.338 e. The average molecular weight is 347 g/mol. The predicted octanol–water partition coefficient (Wildman–Crippen LogP) is 3.53. The van der Waals surface area contributed by atoms with Crippen LogP contribution in [0.1, 0.15) is 11.4 Å². The van der Waals surface area contributed by atoms with Gasteiger partial charge < -0.3 is 4.90 Å². The maximum Gasteiger partial charge on any atom is 0.433 e. The number of nitrogens with zero attached hydrogens (tertiary/aromatic N) is 5. The largest absolute Gasteiger partial charge is 0.433 e. The van der Waals surface area contributed by atoms with Crippen molar-refractivity contribution < 1.29 is 13.2 Å². The molecular weight excluding hydrogens is 331 g/mol. The van der Waals surface area contributed by atoms with E-state index in [9.17, 15) is 13.2 Å². The molecule has 0 atom stereocenters. The molecule has 0 aliphatic carbocycles. The molecule has 0 bridgehead atoms. The number of aryl methyl sites for hydroxylation is 1. The molecule has 0 aliphatic rings. The number of halogens is 3. The summed E-state index contributed by atoms with van der Waals surface area (Å²) >= 11 is 0. The third-order valence-electron chi connectivity index (χ3n) is 3.74. The summed E-state index contributed by atoms with van der Waals surface area (Å²) in [6.45, 7) is 0.339. The van der Waals surface area contributed by atoms with E-state index in [2.05, 4.69) is 15.1 Å². The van der Waals surface area contributed by atoms with Crippen molar-refractivity contribution in [2.24, 2.45) is 7.05 Å². The lowest BCUT2D eigenvalue weighted by Gasteiger charge is -2.19. The van der Waals surface area contributed by atoms with Crippen LogP contribution >= 0.6 is 0 Å². The zero-order valence-corrected chi connectivity index (χ0v) is 13.7. The minimum absolute atomic E-state index is 0.00915. The van der Waals surface area contributed by atoms with Gasteiger partial charge in [0.25, 0.3) is 0 Å². The van der Waals surface area contributed by atoms with Crippen LogP contribution in [0.15, 0.2) is 48.7 Å². The molecule has 0 unspecified atom stereocenters. The van der Waals surface area contributed by atoms with Gasteiger partial charge in [-0.2, -0.15) is 18.3 Å². The maximum absolute atomic E-state index is 13.2. The van der Waals surface area contributed by atoms with Crippen LogP contribution in [-0.2, 0) is 19.8 Å². The second-order valence-corrected chi connectivity index (χ2v) is 5.60. The quantitative estimate of drug-likeness (QED) is 0.724. The number of hydrogen-bond donors (Lipinski definition) is 0. The zero-order valence-electron chi connectivity index (χ0n) is 13.7. The van der Waals surface area contributed by atoms with Gasteiger partial charge >= 0.3 is 6.18 Å². The molecule has 2 heterocycles. The van der Waals surface area contributed by atoms with Crippen molar-refractivity contribution in [1.29, 1.82) is 0 Å². The van der Waals surface area contributed by atoms with E-state index in [0.29, 0.717) is 12.1 Å². The van der Waals surface area contributed by atoms with E-state index in [0.717, 1.165) is 11.8 Å². The summed E-state index contributed by atoms with van der Waals surface area (Å²) in [7, 11) is 3.42. The number of hydrogen-bond acceptors (Lipinski definition) is 4. The van der Waals surface area contributed by atoms with Crippen molar-refractivity contribution in [2.45, 2.75) is 12.7 Å². The topological polar surface area (TPSA) is 46.8 Å². The second-order valence-electron chi connectivity index (χ2n) is 5.60. The van der Waals surface area contributed by atoms with Crippen molar-refractivity contribution in [3.8, 4) is 11.3 Å². The molecule has 8 heteroatoms. The molecule has 0 N–H and O–H groups in total. The standard InChI is InChI=1S/C17H16F3N5/c1-24(11-13-8-9-21-25(13)2)16-22-14(12-6-4-3-5-7-12)10-15(23-16)17(18,19)20/h3-10H,11H2,1-2H3. The van der Waals surface area contributed by atoms with Gasteiger partial charge in [0.2, 0.25) is 5.95 Å². The van der Waals surface area contributed by atoms with Gasteiger partial charge in [-0.15, -0.1) is 0 Å². The van der Waals surface area contributed by atoms with E-state index in [1.807, 2.05) is 0 Å². The summed E-state index contributed by atoms with van der Waals surface area (Å²) < 4.78 is 41.4. The molecule has 0 saturated carbocycles. The lowest BCUT2D eigenvalue weighted by atomic mass is 10.1. The molecule has 3 aromatic rings. The second kappa shape index (κ2) is 6.54. The Labute approximate surface area is 142 Å². The molecule has 0 aliphatic heterocycles. The fourth-order valence-electron chi connectivity index (χ4n) is 2.38. The van der Waals surface area contributed by atoms with Crippen LogP contribution in [0.3, 0.4) is 0 Å². The lowest BCUT2D eigenvalue weighted by molar-refractivity contribution is -0.141. The van der Waals surface area contributed by atoms with Crippen LogP contribution in [0.4, 0.5) is 19.1 Å². The number of rotatable bonds is 4. The molecule has 0 spiro atoms. The molecule has 2 aromatic heterocycles. The Hall–Kier alpha value is -2.90. The van der Waals surface area contributed by atoms with Crippen molar-refractivity contribution in [3.63, 3.8) is 0 Å². The molecule has 0 fully saturated rings. The number of benzene rings is 1. The Morgan fingerprint density at radius 1 is 1.08 bits per heavy atom. The van der Waals surface area contributed by atoms with Gasteiger partial charge in [0.15, 0.2) is 5.69 Å². The highest BCUT2D eigenvalue weighted by atomic mass is 19.4. The van der Waals surface area contributed by atoms with Crippen LogP contribution in [-0.4, -0.2) is 26.8 Å². The minimum atomic E-state index is -4.55. The van der Waals surface area contributed by atoms with Gasteiger partial charge in [-0.05, 0) is 12.1 Å². The summed E-state index contributed by atoms with van der Waals surface area (Å²) in [4.78, 5) is 9.58. The highest BCUT2D eigenvalue weighted by Crippen LogP contribution is 2.31. The molecule has 0 amide bonds. The monoisotopic (exact) mass is 347 g/mol. The first-order chi connectivity index (χ1) is 11.8. The van der Waals surface area contributed by atoms with Crippen molar-refractivity contribution in [3.05, 3.63) is 60.0 Å². The molecule has 3 rings (SSSR count). The van der Waals surface area contributed by atoms with E-state index < -0.39 is 11.9 Å². The maximum atomic E-state index is 13.2. The predicted molar refractivity (Wildman–Crippen MR) is 87.8 cm³/mol. The van der Waals surface area contributed by atoms with E-state index in [-0.39, 0.29) is 11.6 Å². The lowest BCUT2D eigenvalue weighted by Crippen LogP contribution is -2.23.